The number of carbonyl (C=O) groups is 2. The molecule has 0 saturated carbocycles. The lowest BCUT2D eigenvalue weighted by molar-refractivity contribution is -0.117. The average Bonchev–Trinajstić information content (AvgIpc) is 2.53. The summed E-state index contributed by atoms with van der Waals surface area (Å²) in [5.41, 5.74) is 0.495. The summed E-state index contributed by atoms with van der Waals surface area (Å²) in [6.45, 7) is 4.71. The lowest BCUT2D eigenvalue weighted by atomic mass is 10.3. The van der Waals surface area contributed by atoms with Crippen LogP contribution in [0.4, 0.5) is 10.5 Å². The minimum absolute atomic E-state index is 0.168. The maximum absolute atomic E-state index is 12.1. The number of amides is 2. The van der Waals surface area contributed by atoms with Crippen molar-refractivity contribution in [3.63, 3.8) is 0 Å². The van der Waals surface area contributed by atoms with E-state index in [1.54, 1.807) is 30.0 Å². The quantitative estimate of drug-likeness (QED) is 0.897. The molecule has 23 heavy (non-hydrogen) atoms. The Labute approximate surface area is 145 Å². The van der Waals surface area contributed by atoms with Gasteiger partial charge in [-0.3, -0.25) is 9.69 Å². The normalized spacial score (nSPS) is 15.3. The number of rotatable bonds is 4. The van der Waals surface area contributed by atoms with Crippen LogP contribution in [-0.4, -0.2) is 61.1 Å². The van der Waals surface area contributed by atoms with Crippen molar-refractivity contribution in [1.82, 2.24) is 9.80 Å². The Morgan fingerprint density at radius 2 is 1.91 bits per heavy atom. The highest BCUT2D eigenvalue weighted by atomic mass is 35.5. The summed E-state index contributed by atoms with van der Waals surface area (Å²) in [4.78, 5) is 27.3. The smallest absolute Gasteiger partial charge is 0.409 e. The van der Waals surface area contributed by atoms with Gasteiger partial charge in [0.1, 0.15) is 0 Å². The van der Waals surface area contributed by atoms with E-state index in [-0.39, 0.29) is 18.5 Å². The maximum Gasteiger partial charge on any atom is 0.409 e. The van der Waals surface area contributed by atoms with Crippen LogP contribution in [0, 0.1) is 0 Å². The highest BCUT2D eigenvalue weighted by Gasteiger charge is 2.23. The number of nitrogens with zero attached hydrogens (tertiary/aromatic N) is 2. The van der Waals surface area contributed by atoms with E-state index in [9.17, 15) is 9.59 Å². The molecule has 1 heterocycles. The topological polar surface area (TPSA) is 61.9 Å². The molecule has 1 N–H and O–H groups in total. The summed E-state index contributed by atoms with van der Waals surface area (Å²) in [5.74, 6) is -0.168. The van der Waals surface area contributed by atoms with E-state index >= 15 is 0 Å². The molecule has 1 aromatic rings. The van der Waals surface area contributed by atoms with Crippen molar-refractivity contribution in [2.24, 2.45) is 0 Å². The molecule has 1 aliphatic heterocycles. The molecule has 0 radical (unpaired) electrons. The van der Waals surface area contributed by atoms with Crippen LogP contribution in [0.15, 0.2) is 18.2 Å². The van der Waals surface area contributed by atoms with Gasteiger partial charge in [0.05, 0.1) is 28.9 Å². The molecular weight excluding hydrogens is 341 g/mol. The van der Waals surface area contributed by atoms with Gasteiger partial charge in [-0.15, -0.1) is 0 Å². The van der Waals surface area contributed by atoms with Gasteiger partial charge < -0.3 is 15.0 Å². The lowest BCUT2D eigenvalue weighted by Crippen LogP contribution is -2.50. The molecule has 0 aliphatic carbocycles. The van der Waals surface area contributed by atoms with Crippen LogP contribution in [0.1, 0.15) is 6.92 Å². The van der Waals surface area contributed by atoms with E-state index in [4.69, 9.17) is 27.9 Å². The number of halogens is 2. The van der Waals surface area contributed by atoms with Crippen molar-refractivity contribution in [2.75, 3.05) is 44.6 Å². The number of anilines is 1. The van der Waals surface area contributed by atoms with Crippen LogP contribution >= 0.6 is 23.2 Å². The first-order chi connectivity index (χ1) is 11.0. The van der Waals surface area contributed by atoms with Gasteiger partial charge in [0.2, 0.25) is 5.91 Å². The zero-order chi connectivity index (χ0) is 16.8. The molecule has 1 aliphatic rings. The number of nitrogens with one attached hydrogen (secondary N) is 1. The minimum atomic E-state index is -0.303. The van der Waals surface area contributed by atoms with Crippen molar-refractivity contribution in [1.29, 1.82) is 0 Å². The van der Waals surface area contributed by atoms with E-state index in [0.717, 1.165) is 0 Å². The third-order valence-corrected chi connectivity index (χ3v) is 4.31. The first-order valence-electron chi connectivity index (χ1n) is 7.39. The summed E-state index contributed by atoms with van der Waals surface area (Å²) in [6.07, 6.45) is -0.303. The number of piperazine rings is 1. The van der Waals surface area contributed by atoms with E-state index in [0.29, 0.717) is 48.5 Å². The third-order valence-electron chi connectivity index (χ3n) is 3.49. The molecule has 2 rings (SSSR count). The predicted molar refractivity (Wildman–Crippen MR) is 90.1 cm³/mol. The minimum Gasteiger partial charge on any atom is -0.450 e. The first-order valence-corrected chi connectivity index (χ1v) is 8.14. The molecule has 0 aromatic heterocycles. The van der Waals surface area contributed by atoms with Gasteiger partial charge in [-0.25, -0.2) is 4.79 Å². The summed E-state index contributed by atoms with van der Waals surface area (Å²) in [7, 11) is 0. The average molecular weight is 360 g/mol. The zero-order valence-corrected chi connectivity index (χ0v) is 14.4. The van der Waals surface area contributed by atoms with Crippen LogP contribution < -0.4 is 5.32 Å². The first kappa shape index (κ1) is 17.8. The largest absolute Gasteiger partial charge is 0.450 e. The van der Waals surface area contributed by atoms with Gasteiger partial charge in [-0.2, -0.15) is 0 Å². The Bertz CT molecular complexity index is 575. The fourth-order valence-corrected chi connectivity index (χ4v) is 2.64. The van der Waals surface area contributed by atoms with E-state index in [2.05, 4.69) is 5.32 Å². The number of hydrogen-bond donors (Lipinski definition) is 1. The predicted octanol–water partition coefficient (Wildman–Crippen LogP) is 2.71. The van der Waals surface area contributed by atoms with Crippen LogP contribution in [0.3, 0.4) is 0 Å². The molecule has 1 fully saturated rings. The fraction of sp³-hybridized carbons (Fsp3) is 0.467. The molecule has 0 spiro atoms. The Balaban J connectivity index is 1.81. The summed E-state index contributed by atoms with van der Waals surface area (Å²) < 4.78 is 4.96. The number of benzene rings is 1. The van der Waals surface area contributed by atoms with Gasteiger partial charge in [-0.1, -0.05) is 29.3 Å². The number of ether oxygens (including phenoxy) is 1. The van der Waals surface area contributed by atoms with Crippen molar-refractivity contribution in [3.05, 3.63) is 28.2 Å². The molecule has 8 heteroatoms. The Morgan fingerprint density at radius 1 is 1.22 bits per heavy atom. The molecular formula is C15H19Cl2N3O3. The highest BCUT2D eigenvalue weighted by molar-refractivity contribution is 6.43. The van der Waals surface area contributed by atoms with Crippen molar-refractivity contribution in [2.45, 2.75) is 6.92 Å². The zero-order valence-electron chi connectivity index (χ0n) is 12.8. The van der Waals surface area contributed by atoms with Gasteiger partial charge >= 0.3 is 6.09 Å². The SMILES string of the molecule is CCOC(=O)N1CCN(CC(=O)Nc2cccc(Cl)c2Cl)CC1. The summed E-state index contributed by atoms with van der Waals surface area (Å²) in [5, 5.41) is 3.47. The second kappa shape index (κ2) is 8.38. The van der Waals surface area contributed by atoms with Gasteiger partial charge in [0.15, 0.2) is 0 Å². The van der Waals surface area contributed by atoms with Crippen LogP contribution in [0.25, 0.3) is 0 Å². The maximum atomic E-state index is 12.1. The van der Waals surface area contributed by atoms with Gasteiger partial charge in [-0.05, 0) is 19.1 Å². The van der Waals surface area contributed by atoms with Crippen molar-refractivity contribution in [3.8, 4) is 0 Å². The molecule has 126 valence electrons. The third kappa shape index (κ3) is 4.99. The Kier molecular flexibility index (Phi) is 6.50. The van der Waals surface area contributed by atoms with Crippen molar-refractivity contribution >= 4 is 40.9 Å². The summed E-state index contributed by atoms with van der Waals surface area (Å²) >= 11 is 12.0. The second-order valence-corrected chi connectivity index (χ2v) is 5.90. The van der Waals surface area contributed by atoms with E-state index < -0.39 is 0 Å². The molecule has 1 aromatic carbocycles. The number of carbonyl (C=O) groups excluding carboxylic acids is 2. The molecule has 0 unspecified atom stereocenters. The van der Waals surface area contributed by atoms with Crippen LogP contribution in [0.5, 0.6) is 0 Å². The fourth-order valence-electron chi connectivity index (χ4n) is 2.30. The Morgan fingerprint density at radius 3 is 2.57 bits per heavy atom. The second-order valence-electron chi connectivity index (χ2n) is 5.11. The molecule has 0 atom stereocenters. The van der Waals surface area contributed by atoms with E-state index in [1.165, 1.54) is 0 Å². The molecule has 1 saturated heterocycles. The Hall–Kier alpha value is -1.50. The molecule has 0 bridgehead atoms. The summed E-state index contributed by atoms with van der Waals surface area (Å²) in [6, 6.07) is 5.08. The van der Waals surface area contributed by atoms with Gasteiger partial charge in [0, 0.05) is 26.2 Å². The molecule has 6 nitrogen and oxygen atoms in total. The molecule has 2 amide bonds. The standard InChI is InChI=1S/C15H19Cl2N3O3/c1-2-23-15(22)20-8-6-19(7-9-20)10-13(21)18-12-5-3-4-11(16)14(12)17/h3-5H,2,6-10H2,1H3,(H,18,21). The van der Waals surface area contributed by atoms with E-state index in [1.807, 2.05) is 4.90 Å². The van der Waals surface area contributed by atoms with Gasteiger partial charge in [0.25, 0.3) is 0 Å². The van der Waals surface area contributed by atoms with Crippen LogP contribution in [0.2, 0.25) is 10.0 Å². The monoisotopic (exact) mass is 359 g/mol. The van der Waals surface area contributed by atoms with Crippen LogP contribution in [-0.2, 0) is 9.53 Å². The lowest BCUT2D eigenvalue weighted by Gasteiger charge is -2.33. The highest BCUT2D eigenvalue weighted by Crippen LogP contribution is 2.29. The number of hydrogen-bond acceptors (Lipinski definition) is 4. The van der Waals surface area contributed by atoms with Crippen molar-refractivity contribution < 1.29 is 14.3 Å².